The molecule has 1 heteroatoms. The van der Waals surface area contributed by atoms with Gasteiger partial charge in [-0.05, 0) is 66.3 Å². The van der Waals surface area contributed by atoms with Crippen molar-refractivity contribution in [3.63, 3.8) is 0 Å². The van der Waals surface area contributed by atoms with Crippen molar-refractivity contribution in [2.75, 3.05) is 5.73 Å². The van der Waals surface area contributed by atoms with Crippen LogP contribution in [0.5, 0.6) is 0 Å². The highest BCUT2D eigenvalue weighted by atomic mass is 14.5. The highest BCUT2D eigenvalue weighted by Gasteiger charge is 2.34. The number of aryl methyl sites for hydroxylation is 1. The summed E-state index contributed by atoms with van der Waals surface area (Å²) in [5.41, 5.74) is 13.1. The van der Waals surface area contributed by atoms with Gasteiger partial charge in [-0.2, -0.15) is 0 Å². The molecular weight excluding hydrogens is 338 g/mol. The van der Waals surface area contributed by atoms with Gasteiger partial charge in [-0.1, -0.05) is 94.7 Å². The Morgan fingerprint density at radius 3 is 2.39 bits per heavy atom. The summed E-state index contributed by atoms with van der Waals surface area (Å²) < 4.78 is 0. The second-order valence-electron chi connectivity index (χ2n) is 9.03. The third-order valence-corrected chi connectivity index (χ3v) is 6.89. The summed E-state index contributed by atoms with van der Waals surface area (Å²) in [4.78, 5) is 0. The Morgan fingerprint density at radius 2 is 1.64 bits per heavy atom. The molecule has 0 aliphatic heterocycles. The lowest BCUT2D eigenvalue weighted by Crippen LogP contribution is -2.30. The zero-order chi connectivity index (χ0) is 19.8. The third kappa shape index (κ3) is 5.19. The smallest absolute Gasteiger partial charge is 0.0343 e. The molecule has 0 spiro atoms. The van der Waals surface area contributed by atoms with Crippen LogP contribution in [-0.4, -0.2) is 0 Å². The predicted octanol–water partition coefficient (Wildman–Crippen LogP) is 7.73. The molecule has 2 aromatic carbocycles. The van der Waals surface area contributed by atoms with Crippen molar-refractivity contribution in [3.05, 3.63) is 64.7 Å². The van der Waals surface area contributed by atoms with Crippen molar-refractivity contribution in [2.45, 2.75) is 96.3 Å². The molecule has 0 atom stereocenters. The van der Waals surface area contributed by atoms with E-state index in [1.54, 1.807) is 5.56 Å². The summed E-state index contributed by atoms with van der Waals surface area (Å²) in [6, 6.07) is 15.8. The van der Waals surface area contributed by atoms with Crippen molar-refractivity contribution in [3.8, 4) is 0 Å². The Labute approximate surface area is 172 Å². The molecular formula is C27H39N. The SMILES string of the molecule is CCCCCCCC1(c2ccccc2Cc2ccc(N)c(C)c2)CCCCC1. The second-order valence-corrected chi connectivity index (χ2v) is 9.03. The zero-order valence-electron chi connectivity index (χ0n) is 18.1. The van der Waals surface area contributed by atoms with E-state index in [4.69, 9.17) is 5.73 Å². The average molecular weight is 378 g/mol. The maximum absolute atomic E-state index is 6.04. The molecule has 3 rings (SSSR count). The van der Waals surface area contributed by atoms with Gasteiger partial charge in [0, 0.05) is 5.69 Å². The lowest BCUT2D eigenvalue weighted by molar-refractivity contribution is 0.264. The van der Waals surface area contributed by atoms with Crippen LogP contribution in [0.1, 0.15) is 99.8 Å². The first-order chi connectivity index (χ1) is 13.6. The predicted molar refractivity (Wildman–Crippen MR) is 123 cm³/mol. The Morgan fingerprint density at radius 1 is 0.893 bits per heavy atom. The minimum Gasteiger partial charge on any atom is -0.399 e. The van der Waals surface area contributed by atoms with Crippen LogP contribution >= 0.6 is 0 Å². The molecule has 0 unspecified atom stereocenters. The normalized spacial score (nSPS) is 16.2. The van der Waals surface area contributed by atoms with E-state index in [-0.39, 0.29) is 0 Å². The van der Waals surface area contributed by atoms with Gasteiger partial charge in [0.15, 0.2) is 0 Å². The Bertz CT molecular complexity index is 740. The van der Waals surface area contributed by atoms with Crippen LogP contribution in [0.15, 0.2) is 42.5 Å². The number of hydrogen-bond donors (Lipinski definition) is 1. The molecule has 1 aliphatic rings. The second kappa shape index (κ2) is 10.1. The average Bonchev–Trinajstić information content (AvgIpc) is 2.72. The standard InChI is InChI=1S/C27H39N/c1-3-4-5-6-10-17-27(18-11-7-12-19-27)25-14-9-8-13-24(25)21-23-15-16-26(28)22(2)20-23/h8-9,13-16,20H,3-7,10-12,17-19,21,28H2,1-2H3. The zero-order valence-corrected chi connectivity index (χ0v) is 18.1. The number of rotatable bonds is 9. The monoisotopic (exact) mass is 377 g/mol. The Kier molecular flexibility index (Phi) is 7.59. The lowest BCUT2D eigenvalue weighted by atomic mass is 9.65. The van der Waals surface area contributed by atoms with E-state index in [0.29, 0.717) is 5.41 Å². The van der Waals surface area contributed by atoms with Crippen molar-refractivity contribution >= 4 is 5.69 Å². The van der Waals surface area contributed by atoms with E-state index >= 15 is 0 Å². The summed E-state index contributed by atoms with van der Waals surface area (Å²) in [6.45, 7) is 4.42. The molecule has 0 heterocycles. The number of nitrogens with two attached hydrogens (primary N) is 1. The van der Waals surface area contributed by atoms with Gasteiger partial charge >= 0.3 is 0 Å². The maximum atomic E-state index is 6.04. The van der Waals surface area contributed by atoms with Gasteiger partial charge in [0.2, 0.25) is 0 Å². The molecule has 0 saturated heterocycles. The van der Waals surface area contributed by atoms with E-state index in [0.717, 1.165) is 12.1 Å². The summed E-state index contributed by atoms with van der Waals surface area (Å²) in [7, 11) is 0. The Balaban J connectivity index is 1.82. The summed E-state index contributed by atoms with van der Waals surface area (Å²) in [5.74, 6) is 0. The molecule has 0 amide bonds. The number of nitrogen functional groups attached to an aromatic ring is 1. The fourth-order valence-corrected chi connectivity index (χ4v) is 5.21. The van der Waals surface area contributed by atoms with E-state index in [9.17, 15) is 0 Å². The number of unbranched alkanes of at least 4 members (excludes halogenated alkanes) is 4. The van der Waals surface area contributed by atoms with Crippen LogP contribution in [0.4, 0.5) is 5.69 Å². The van der Waals surface area contributed by atoms with Crippen LogP contribution in [0, 0.1) is 6.92 Å². The van der Waals surface area contributed by atoms with Gasteiger partial charge in [-0.3, -0.25) is 0 Å². The summed E-state index contributed by atoms with van der Waals surface area (Å²) >= 11 is 0. The minimum absolute atomic E-state index is 0.407. The lowest BCUT2D eigenvalue weighted by Gasteiger charge is -2.40. The van der Waals surface area contributed by atoms with Crippen LogP contribution < -0.4 is 5.73 Å². The summed E-state index contributed by atoms with van der Waals surface area (Å²) in [6.07, 6.45) is 16.2. The highest BCUT2D eigenvalue weighted by Crippen LogP contribution is 2.45. The maximum Gasteiger partial charge on any atom is 0.0343 e. The largest absolute Gasteiger partial charge is 0.399 e. The van der Waals surface area contributed by atoms with Crippen molar-refractivity contribution in [1.82, 2.24) is 0 Å². The van der Waals surface area contributed by atoms with Crippen molar-refractivity contribution in [1.29, 1.82) is 0 Å². The molecule has 28 heavy (non-hydrogen) atoms. The molecule has 0 radical (unpaired) electrons. The molecule has 1 aliphatic carbocycles. The first kappa shape index (κ1) is 21.0. The number of anilines is 1. The van der Waals surface area contributed by atoms with Gasteiger partial charge in [0.05, 0.1) is 0 Å². The molecule has 2 N–H and O–H groups in total. The number of hydrogen-bond acceptors (Lipinski definition) is 1. The van der Waals surface area contributed by atoms with Gasteiger partial charge in [-0.15, -0.1) is 0 Å². The van der Waals surface area contributed by atoms with Crippen LogP contribution in [-0.2, 0) is 11.8 Å². The fourth-order valence-electron chi connectivity index (χ4n) is 5.21. The van der Waals surface area contributed by atoms with Crippen LogP contribution in [0.2, 0.25) is 0 Å². The van der Waals surface area contributed by atoms with Crippen molar-refractivity contribution < 1.29 is 0 Å². The fraction of sp³-hybridized carbons (Fsp3) is 0.556. The third-order valence-electron chi connectivity index (χ3n) is 6.89. The minimum atomic E-state index is 0.407. The molecule has 0 bridgehead atoms. The van der Waals surface area contributed by atoms with Crippen molar-refractivity contribution in [2.24, 2.45) is 0 Å². The summed E-state index contributed by atoms with van der Waals surface area (Å²) in [5, 5.41) is 0. The van der Waals surface area contributed by atoms with Crippen LogP contribution in [0.25, 0.3) is 0 Å². The first-order valence-corrected chi connectivity index (χ1v) is 11.6. The highest BCUT2D eigenvalue weighted by molar-refractivity contribution is 5.49. The topological polar surface area (TPSA) is 26.0 Å². The first-order valence-electron chi connectivity index (χ1n) is 11.6. The number of benzene rings is 2. The molecule has 0 aromatic heterocycles. The van der Waals surface area contributed by atoms with Crippen LogP contribution in [0.3, 0.4) is 0 Å². The van der Waals surface area contributed by atoms with Gasteiger partial charge in [-0.25, -0.2) is 0 Å². The van der Waals surface area contributed by atoms with Gasteiger partial charge in [0.1, 0.15) is 0 Å². The molecule has 1 fully saturated rings. The van der Waals surface area contributed by atoms with E-state index in [1.807, 2.05) is 0 Å². The van der Waals surface area contributed by atoms with E-state index in [2.05, 4.69) is 56.3 Å². The quantitative estimate of drug-likeness (QED) is 0.351. The molecule has 1 nitrogen and oxygen atoms in total. The Hall–Kier alpha value is -1.76. The molecule has 1 saturated carbocycles. The van der Waals surface area contributed by atoms with Gasteiger partial charge < -0.3 is 5.73 Å². The van der Waals surface area contributed by atoms with E-state index < -0.39 is 0 Å². The molecule has 152 valence electrons. The van der Waals surface area contributed by atoms with Gasteiger partial charge in [0.25, 0.3) is 0 Å². The van der Waals surface area contributed by atoms with E-state index in [1.165, 1.54) is 87.3 Å². The molecule has 2 aromatic rings.